The molecule has 2 heterocycles. The minimum Gasteiger partial charge on any atom is -0.372 e. The highest BCUT2D eigenvalue weighted by Crippen LogP contribution is 2.32. The number of nitrogens with one attached hydrogen (secondary N) is 1. The topological polar surface area (TPSA) is 73.0 Å². The summed E-state index contributed by atoms with van der Waals surface area (Å²) in [5.74, 6) is 1.47. The van der Waals surface area contributed by atoms with Crippen LogP contribution in [-0.2, 0) is 10.0 Å². The Morgan fingerprint density at radius 3 is 2.08 bits per heavy atom. The normalized spacial score (nSPS) is 16.4. The minimum atomic E-state index is -3.51. The lowest BCUT2D eigenvalue weighted by atomic mass is 9.87. The Balaban J connectivity index is 0.995. The largest absolute Gasteiger partial charge is 0.372 e. The van der Waals surface area contributed by atoms with Crippen molar-refractivity contribution in [1.82, 2.24) is 14.5 Å². The molecule has 3 aromatic rings. The van der Waals surface area contributed by atoms with Crippen molar-refractivity contribution in [3.05, 3.63) is 78.4 Å². The molecule has 2 aliphatic heterocycles. The summed E-state index contributed by atoms with van der Waals surface area (Å²) in [6, 6.07) is 24.5. The summed E-state index contributed by atoms with van der Waals surface area (Å²) in [7, 11) is -3.51. The van der Waals surface area contributed by atoms with Gasteiger partial charge in [-0.1, -0.05) is 75.6 Å². The Morgan fingerprint density at radius 2 is 1.47 bits per heavy atom. The molecule has 0 unspecified atom stereocenters. The van der Waals surface area contributed by atoms with Crippen molar-refractivity contribution in [1.29, 1.82) is 0 Å². The van der Waals surface area contributed by atoms with E-state index in [1.54, 1.807) is 4.31 Å². The van der Waals surface area contributed by atoms with Crippen molar-refractivity contribution in [2.24, 2.45) is 11.8 Å². The van der Waals surface area contributed by atoms with Crippen LogP contribution < -0.4 is 10.2 Å². The van der Waals surface area contributed by atoms with Gasteiger partial charge in [0.05, 0.1) is 4.90 Å². The van der Waals surface area contributed by atoms with Gasteiger partial charge in [0.1, 0.15) is 0 Å². The molecule has 9 heteroatoms. The lowest BCUT2D eigenvalue weighted by Gasteiger charge is -2.35. The number of hydrogen-bond donors (Lipinski definition) is 1. The maximum atomic E-state index is 13.4. The van der Waals surface area contributed by atoms with E-state index in [-0.39, 0.29) is 5.24 Å². The molecule has 0 aliphatic carbocycles. The third-order valence-electron chi connectivity index (χ3n) is 10.4. The van der Waals surface area contributed by atoms with Crippen molar-refractivity contribution in [2.75, 3.05) is 57.3 Å². The number of carbonyl (C=O) groups is 1. The van der Waals surface area contributed by atoms with Gasteiger partial charge in [0.2, 0.25) is 10.0 Å². The Bertz CT molecular complexity index is 1570. The summed E-state index contributed by atoms with van der Waals surface area (Å²) in [6.07, 6.45) is 9.19. The van der Waals surface area contributed by atoms with Gasteiger partial charge in [-0.05, 0) is 123 Å². The summed E-state index contributed by atoms with van der Waals surface area (Å²) in [5, 5.41) is 3.45. The van der Waals surface area contributed by atoms with Crippen molar-refractivity contribution in [3.63, 3.8) is 0 Å². The minimum absolute atomic E-state index is 0.169. The predicted molar refractivity (Wildman–Crippen MR) is 205 cm³/mol. The van der Waals surface area contributed by atoms with Gasteiger partial charge in [-0.2, -0.15) is 4.31 Å². The molecule has 7 nitrogen and oxygen atoms in total. The molecule has 5 rings (SSSR count). The molecule has 0 saturated carbocycles. The van der Waals surface area contributed by atoms with E-state index >= 15 is 0 Å². The van der Waals surface area contributed by atoms with Gasteiger partial charge < -0.3 is 15.1 Å². The number of likely N-dealkylation sites (tertiary alicyclic amines) is 1. The van der Waals surface area contributed by atoms with E-state index in [0.717, 1.165) is 80.6 Å². The molecular formula is C40H56N4O3S2. The van der Waals surface area contributed by atoms with E-state index < -0.39 is 10.0 Å². The number of hydrogen-bond acceptors (Lipinski definition) is 6. The second kappa shape index (κ2) is 18.4. The maximum absolute atomic E-state index is 13.4. The molecule has 2 aliphatic rings. The number of benzene rings is 3. The monoisotopic (exact) mass is 704 g/mol. The average molecular weight is 705 g/mol. The molecule has 0 bridgehead atoms. The predicted octanol–water partition coefficient (Wildman–Crippen LogP) is 8.68. The molecule has 0 radical (unpaired) electrons. The molecular weight excluding hydrogens is 649 g/mol. The summed E-state index contributed by atoms with van der Waals surface area (Å²) >= 11 is 1.35. The Hall–Kier alpha value is -2.85. The van der Waals surface area contributed by atoms with Crippen LogP contribution in [0.2, 0.25) is 0 Å². The zero-order valence-corrected chi connectivity index (χ0v) is 31.4. The highest BCUT2D eigenvalue weighted by atomic mass is 32.2. The molecule has 266 valence electrons. The molecule has 2 fully saturated rings. The van der Waals surface area contributed by atoms with Gasteiger partial charge in [-0.3, -0.25) is 4.79 Å². The van der Waals surface area contributed by atoms with Crippen LogP contribution in [0.3, 0.4) is 0 Å². The number of carbonyl (C=O) groups excluding carboxylic acids is 1. The van der Waals surface area contributed by atoms with Crippen LogP contribution in [0, 0.1) is 18.8 Å². The number of piperidine rings is 2. The number of sulfonamides is 1. The van der Waals surface area contributed by atoms with Gasteiger partial charge in [-0.15, -0.1) is 0 Å². The van der Waals surface area contributed by atoms with E-state index in [1.807, 2.05) is 49.1 Å². The highest BCUT2D eigenvalue weighted by Gasteiger charge is 2.27. The van der Waals surface area contributed by atoms with Crippen LogP contribution in [0.4, 0.5) is 10.5 Å². The van der Waals surface area contributed by atoms with Gasteiger partial charge in [-0.25, -0.2) is 8.42 Å². The molecule has 0 aromatic heterocycles. The quantitative estimate of drug-likeness (QED) is 0.126. The third-order valence-corrected chi connectivity index (χ3v) is 13.5. The molecule has 1 N–H and O–H groups in total. The first-order chi connectivity index (χ1) is 23.8. The van der Waals surface area contributed by atoms with Crippen LogP contribution in [0.25, 0.3) is 11.1 Å². The number of rotatable bonds is 15. The second-order valence-electron chi connectivity index (χ2n) is 13.7. The summed E-state index contributed by atoms with van der Waals surface area (Å²) in [6.45, 7) is 12.4. The van der Waals surface area contributed by atoms with Crippen molar-refractivity contribution in [2.45, 2.75) is 81.9 Å². The lowest BCUT2D eigenvalue weighted by molar-refractivity contribution is 0.187. The number of nitrogens with zero attached hydrogens (tertiary/aromatic N) is 3. The first-order valence-electron chi connectivity index (χ1n) is 18.5. The summed E-state index contributed by atoms with van der Waals surface area (Å²) in [5.41, 5.74) is 4.32. The van der Waals surface area contributed by atoms with E-state index in [0.29, 0.717) is 23.9 Å². The molecule has 0 atom stereocenters. The van der Waals surface area contributed by atoms with E-state index in [1.165, 1.54) is 55.0 Å². The zero-order chi connectivity index (χ0) is 34.6. The SMILES string of the molecule is CCNCCCN(CC)S(=O)(=O)c1ccc(N2CCC(CCCC3CCN(C(=O)Sc4ccc(-c5ccccc5)cc4)CC3)CC2)cc1C. The summed E-state index contributed by atoms with van der Waals surface area (Å²) < 4.78 is 28.5. The Labute approximate surface area is 299 Å². The average Bonchev–Trinajstić information content (AvgIpc) is 3.12. The number of amides is 1. The Morgan fingerprint density at radius 1 is 0.837 bits per heavy atom. The van der Waals surface area contributed by atoms with Crippen LogP contribution in [0.1, 0.15) is 70.8 Å². The maximum Gasteiger partial charge on any atom is 0.286 e. The fourth-order valence-corrected chi connectivity index (χ4v) is 9.83. The van der Waals surface area contributed by atoms with Crippen LogP contribution in [-0.4, -0.2) is 75.2 Å². The van der Waals surface area contributed by atoms with Gasteiger partial charge in [0.25, 0.3) is 5.24 Å². The first kappa shape index (κ1) is 37.4. The molecule has 3 aromatic carbocycles. The molecule has 2 saturated heterocycles. The third kappa shape index (κ3) is 10.3. The van der Waals surface area contributed by atoms with Crippen LogP contribution >= 0.6 is 11.8 Å². The lowest BCUT2D eigenvalue weighted by Crippen LogP contribution is -2.36. The van der Waals surface area contributed by atoms with E-state index in [9.17, 15) is 13.2 Å². The van der Waals surface area contributed by atoms with Crippen LogP contribution in [0.15, 0.2) is 82.6 Å². The number of aryl methyl sites for hydroxylation is 1. The van der Waals surface area contributed by atoms with Crippen molar-refractivity contribution in [3.8, 4) is 11.1 Å². The van der Waals surface area contributed by atoms with Crippen LogP contribution in [0.5, 0.6) is 0 Å². The fraction of sp³-hybridized carbons (Fsp3) is 0.525. The van der Waals surface area contributed by atoms with Gasteiger partial charge in [0, 0.05) is 49.9 Å². The summed E-state index contributed by atoms with van der Waals surface area (Å²) in [4.78, 5) is 18.9. The Kier molecular flexibility index (Phi) is 14.1. The molecule has 49 heavy (non-hydrogen) atoms. The van der Waals surface area contributed by atoms with Gasteiger partial charge in [0.15, 0.2) is 0 Å². The molecule has 1 amide bonds. The smallest absolute Gasteiger partial charge is 0.286 e. The number of thioether (sulfide) groups is 1. The first-order valence-corrected chi connectivity index (χ1v) is 20.7. The van der Waals surface area contributed by atoms with E-state index in [2.05, 4.69) is 59.6 Å². The van der Waals surface area contributed by atoms with E-state index in [4.69, 9.17) is 0 Å². The van der Waals surface area contributed by atoms with Crippen molar-refractivity contribution >= 4 is 32.7 Å². The van der Waals surface area contributed by atoms with Crippen molar-refractivity contribution < 1.29 is 13.2 Å². The van der Waals surface area contributed by atoms with Gasteiger partial charge >= 0.3 is 0 Å². The second-order valence-corrected chi connectivity index (χ2v) is 16.6. The highest BCUT2D eigenvalue weighted by molar-refractivity contribution is 8.13. The number of anilines is 1. The fourth-order valence-electron chi connectivity index (χ4n) is 7.35. The molecule has 0 spiro atoms. The zero-order valence-electron chi connectivity index (χ0n) is 29.8. The standard InChI is InChI=1S/C40H56N4O3S2/c1-4-41-25-10-26-44(5-2)49(46,47)39-20-17-37(31-32(39)3)42-27-21-33(22-28-42)11-9-12-34-23-29-43(30-24-34)40(45)48-38-18-15-36(16-19-38)35-13-7-6-8-14-35/h6-8,13-20,31,33-34,41H,4-5,9-12,21-30H2,1-3H3.